The zero-order chi connectivity index (χ0) is 13.9. The van der Waals surface area contributed by atoms with Crippen molar-refractivity contribution in [1.29, 1.82) is 0 Å². The maximum absolute atomic E-state index is 12.5. The Bertz CT molecular complexity index is 311. The third kappa shape index (κ3) is 3.71. The van der Waals surface area contributed by atoms with Crippen LogP contribution in [0.3, 0.4) is 0 Å². The van der Waals surface area contributed by atoms with Gasteiger partial charge in [0.1, 0.15) is 5.60 Å². The Kier molecular flexibility index (Phi) is 4.54. The summed E-state index contributed by atoms with van der Waals surface area (Å²) in [7, 11) is 0. The van der Waals surface area contributed by atoms with Gasteiger partial charge in [0.15, 0.2) is 0 Å². The molecule has 1 aliphatic heterocycles. The molecule has 1 saturated carbocycles. The van der Waals surface area contributed by atoms with Gasteiger partial charge in [0.05, 0.1) is 5.92 Å². The van der Waals surface area contributed by atoms with Crippen LogP contribution in [0.15, 0.2) is 0 Å². The number of rotatable bonds is 1. The molecular formula is C16H29NO2. The van der Waals surface area contributed by atoms with Gasteiger partial charge in [-0.15, -0.1) is 0 Å². The largest absolute Gasteiger partial charge is 0.460 e. The van der Waals surface area contributed by atoms with Crippen LogP contribution in [0.5, 0.6) is 0 Å². The van der Waals surface area contributed by atoms with Crippen LogP contribution in [0.1, 0.15) is 65.7 Å². The molecule has 1 aliphatic carbocycles. The van der Waals surface area contributed by atoms with Gasteiger partial charge in [0, 0.05) is 13.1 Å². The van der Waals surface area contributed by atoms with Crippen molar-refractivity contribution in [2.24, 2.45) is 11.3 Å². The third-order valence-corrected chi connectivity index (χ3v) is 4.61. The van der Waals surface area contributed by atoms with Gasteiger partial charge >= 0.3 is 5.97 Å². The van der Waals surface area contributed by atoms with Gasteiger partial charge in [0.25, 0.3) is 0 Å². The number of ether oxygens (including phenoxy) is 1. The number of hydrogen-bond acceptors (Lipinski definition) is 3. The van der Waals surface area contributed by atoms with Crippen molar-refractivity contribution >= 4 is 5.97 Å². The molecule has 1 spiro atoms. The van der Waals surface area contributed by atoms with Crippen molar-refractivity contribution < 1.29 is 9.53 Å². The molecule has 19 heavy (non-hydrogen) atoms. The Morgan fingerprint density at radius 3 is 2.26 bits per heavy atom. The first-order valence-corrected chi connectivity index (χ1v) is 7.87. The molecule has 3 nitrogen and oxygen atoms in total. The molecule has 1 atom stereocenters. The predicted molar refractivity (Wildman–Crippen MR) is 77.0 cm³/mol. The van der Waals surface area contributed by atoms with Crippen LogP contribution in [0.4, 0.5) is 0 Å². The van der Waals surface area contributed by atoms with Gasteiger partial charge in [-0.1, -0.05) is 32.1 Å². The van der Waals surface area contributed by atoms with E-state index in [4.69, 9.17) is 4.74 Å². The molecule has 0 radical (unpaired) electrons. The van der Waals surface area contributed by atoms with Crippen LogP contribution < -0.4 is 5.32 Å². The van der Waals surface area contributed by atoms with E-state index >= 15 is 0 Å². The van der Waals surface area contributed by atoms with E-state index in [1.165, 1.54) is 44.9 Å². The summed E-state index contributed by atoms with van der Waals surface area (Å²) in [6.07, 6.45) is 8.90. The summed E-state index contributed by atoms with van der Waals surface area (Å²) in [6, 6.07) is 0. The standard InChI is InChI=1S/C16H29NO2/c1-15(2,3)19-14(18)13-11-17-12-16(13)9-7-5-4-6-8-10-16/h13,17H,4-12H2,1-3H3. The summed E-state index contributed by atoms with van der Waals surface area (Å²) in [5, 5.41) is 3.45. The van der Waals surface area contributed by atoms with Gasteiger partial charge in [-0.25, -0.2) is 0 Å². The Morgan fingerprint density at radius 2 is 1.68 bits per heavy atom. The maximum Gasteiger partial charge on any atom is 0.311 e. The van der Waals surface area contributed by atoms with Gasteiger partial charge < -0.3 is 10.1 Å². The molecule has 1 N–H and O–H groups in total. The van der Waals surface area contributed by atoms with Gasteiger partial charge in [0.2, 0.25) is 0 Å². The average molecular weight is 267 g/mol. The molecule has 1 unspecified atom stereocenters. The van der Waals surface area contributed by atoms with Crippen LogP contribution in [0.25, 0.3) is 0 Å². The highest BCUT2D eigenvalue weighted by Gasteiger charge is 2.47. The number of nitrogens with one attached hydrogen (secondary N) is 1. The van der Waals surface area contributed by atoms with Crippen molar-refractivity contribution in [3.8, 4) is 0 Å². The van der Waals surface area contributed by atoms with E-state index in [0.29, 0.717) is 0 Å². The molecule has 2 aliphatic rings. The molecule has 3 heteroatoms. The van der Waals surface area contributed by atoms with E-state index in [0.717, 1.165) is 13.1 Å². The summed E-state index contributed by atoms with van der Waals surface area (Å²) < 4.78 is 5.64. The molecule has 0 aromatic carbocycles. The Balaban J connectivity index is 2.07. The summed E-state index contributed by atoms with van der Waals surface area (Å²) >= 11 is 0. The Labute approximate surface area is 117 Å². The van der Waals surface area contributed by atoms with Crippen molar-refractivity contribution in [1.82, 2.24) is 5.32 Å². The van der Waals surface area contributed by atoms with Crippen molar-refractivity contribution in [3.05, 3.63) is 0 Å². The molecule has 110 valence electrons. The second-order valence-corrected chi connectivity index (χ2v) is 7.35. The molecule has 1 saturated heterocycles. The van der Waals surface area contributed by atoms with E-state index in [1.807, 2.05) is 20.8 Å². The predicted octanol–water partition coefficient (Wildman–Crippen LogP) is 3.28. The number of carbonyl (C=O) groups excluding carboxylic acids is 1. The van der Waals surface area contributed by atoms with Crippen molar-refractivity contribution in [3.63, 3.8) is 0 Å². The number of esters is 1. The highest BCUT2D eigenvalue weighted by atomic mass is 16.6. The third-order valence-electron chi connectivity index (χ3n) is 4.61. The monoisotopic (exact) mass is 267 g/mol. The van der Waals surface area contributed by atoms with Crippen LogP contribution in [-0.2, 0) is 9.53 Å². The van der Waals surface area contributed by atoms with Crippen molar-refractivity contribution in [2.45, 2.75) is 71.3 Å². The SMILES string of the molecule is CC(C)(C)OC(=O)C1CNCC12CCCCCCC2. The zero-order valence-electron chi connectivity index (χ0n) is 12.8. The zero-order valence-corrected chi connectivity index (χ0v) is 12.8. The number of carbonyl (C=O) groups is 1. The van der Waals surface area contributed by atoms with E-state index in [1.54, 1.807) is 0 Å². The van der Waals surface area contributed by atoms with E-state index in [9.17, 15) is 4.79 Å². The average Bonchev–Trinajstić information content (AvgIpc) is 2.66. The molecular weight excluding hydrogens is 238 g/mol. The minimum Gasteiger partial charge on any atom is -0.460 e. The van der Waals surface area contributed by atoms with E-state index < -0.39 is 0 Å². The lowest BCUT2D eigenvalue weighted by Crippen LogP contribution is -2.39. The minimum absolute atomic E-state index is 0.0121. The summed E-state index contributed by atoms with van der Waals surface area (Å²) in [5.41, 5.74) is -0.203. The first-order chi connectivity index (χ1) is 8.93. The Hall–Kier alpha value is -0.570. The lowest BCUT2D eigenvalue weighted by atomic mass is 9.69. The molecule has 2 fully saturated rings. The summed E-state index contributed by atoms with van der Waals surface area (Å²) in [4.78, 5) is 12.5. The molecule has 0 bridgehead atoms. The van der Waals surface area contributed by atoms with E-state index in [2.05, 4.69) is 5.32 Å². The number of hydrogen-bond donors (Lipinski definition) is 1. The lowest BCUT2D eigenvalue weighted by Gasteiger charge is -2.36. The lowest BCUT2D eigenvalue weighted by molar-refractivity contribution is -0.163. The fourth-order valence-corrected chi connectivity index (χ4v) is 3.65. The fraction of sp³-hybridized carbons (Fsp3) is 0.938. The second kappa shape index (κ2) is 5.82. The first kappa shape index (κ1) is 14.8. The summed E-state index contributed by atoms with van der Waals surface area (Å²) in [5.74, 6) is 0.0721. The van der Waals surface area contributed by atoms with Crippen LogP contribution in [0.2, 0.25) is 0 Å². The van der Waals surface area contributed by atoms with Gasteiger partial charge in [-0.05, 0) is 39.0 Å². The van der Waals surface area contributed by atoms with Gasteiger partial charge in [-0.3, -0.25) is 4.79 Å². The Morgan fingerprint density at radius 1 is 1.11 bits per heavy atom. The first-order valence-electron chi connectivity index (χ1n) is 7.87. The second-order valence-electron chi connectivity index (χ2n) is 7.35. The molecule has 2 rings (SSSR count). The van der Waals surface area contributed by atoms with E-state index in [-0.39, 0.29) is 22.9 Å². The molecule has 0 amide bonds. The highest BCUT2D eigenvalue weighted by molar-refractivity contribution is 5.74. The van der Waals surface area contributed by atoms with Crippen LogP contribution >= 0.6 is 0 Å². The fourth-order valence-electron chi connectivity index (χ4n) is 3.65. The maximum atomic E-state index is 12.5. The highest BCUT2D eigenvalue weighted by Crippen LogP contribution is 2.44. The summed E-state index contributed by atoms with van der Waals surface area (Å²) in [6.45, 7) is 7.67. The minimum atomic E-state index is -0.373. The van der Waals surface area contributed by atoms with Crippen LogP contribution in [0, 0.1) is 11.3 Å². The normalized spacial score (nSPS) is 27.8. The topological polar surface area (TPSA) is 38.3 Å². The quantitative estimate of drug-likeness (QED) is 0.741. The molecule has 1 heterocycles. The molecule has 0 aromatic rings. The smallest absolute Gasteiger partial charge is 0.311 e. The van der Waals surface area contributed by atoms with Gasteiger partial charge in [-0.2, -0.15) is 0 Å². The molecule has 0 aromatic heterocycles. The van der Waals surface area contributed by atoms with Crippen molar-refractivity contribution in [2.75, 3.05) is 13.1 Å². The van der Waals surface area contributed by atoms with Crippen LogP contribution in [-0.4, -0.2) is 24.7 Å².